The van der Waals surface area contributed by atoms with E-state index in [1.165, 1.54) is 6.08 Å². The molecule has 0 aromatic rings. The van der Waals surface area contributed by atoms with Gasteiger partial charge in [-0.2, -0.15) is 13.2 Å². The molecule has 3 aliphatic rings. The van der Waals surface area contributed by atoms with Gasteiger partial charge in [-0.3, -0.25) is 0 Å². The monoisotopic (exact) mass is 448 g/mol. The summed E-state index contributed by atoms with van der Waals surface area (Å²) >= 11 is 0. The maximum atomic E-state index is 13.6. The molecule has 0 aromatic carbocycles. The van der Waals surface area contributed by atoms with Crippen LogP contribution in [0.4, 0.5) is 17.6 Å². The summed E-state index contributed by atoms with van der Waals surface area (Å²) in [6.07, 6.45) is -2.32. The van der Waals surface area contributed by atoms with Gasteiger partial charge < -0.3 is 25.4 Å². The summed E-state index contributed by atoms with van der Waals surface area (Å²) in [5.41, 5.74) is -0.943. The van der Waals surface area contributed by atoms with Crippen molar-refractivity contribution >= 4 is 5.96 Å². The van der Waals surface area contributed by atoms with Crippen molar-refractivity contribution in [1.82, 2.24) is 15.5 Å². The SMILES string of the molecule is CC(C)CNC1CCN(C2=NC(OC3C=C(F)CCC3)C=C(C(F)(F)F)N2)CCC1O. The van der Waals surface area contributed by atoms with E-state index in [0.29, 0.717) is 51.1 Å². The number of halogens is 4. The van der Waals surface area contributed by atoms with E-state index in [0.717, 1.165) is 12.6 Å². The zero-order chi connectivity index (χ0) is 22.6. The Morgan fingerprint density at radius 1 is 1.26 bits per heavy atom. The smallest absolute Gasteiger partial charge is 0.391 e. The van der Waals surface area contributed by atoms with Crippen LogP contribution in [0.15, 0.2) is 28.7 Å². The van der Waals surface area contributed by atoms with E-state index in [2.05, 4.69) is 29.5 Å². The summed E-state index contributed by atoms with van der Waals surface area (Å²) in [7, 11) is 0. The van der Waals surface area contributed by atoms with Gasteiger partial charge in [0.15, 0.2) is 6.23 Å². The highest BCUT2D eigenvalue weighted by Crippen LogP contribution is 2.29. The molecule has 0 saturated carbocycles. The minimum absolute atomic E-state index is 0.0665. The van der Waals surface area contributed by atoms with E-state index < -0.39 is 30.3 Å². The number of rotatable bonds is 5. The first-order chi connectivity index (χ1) is 14.6. The number of hydrogen-bond donors (Lipinski definition) is 3. The molecule has 0 spiro atoms. The second kappa shape index (κ2) is 10.3. The molecule has 3 rings (SSSR count). The summed E-state index contributed by atoms with van der Waals surface area (Å²) in [5, 5.41) is 16.2. The zero-order valence-corrected chi connectivity index (χ0v) is 18.0. The Kier molecular flexibility index (Phi) is 7.98. The Bertz CT molecular complexity index is 708. The van der Waals surface area contributed by atoms with Crippen LogP contribution in [0.3, 0.4) is 0 Å². The molecule has 3 N–H and O–H groups in total. The van der Waals surface area contributed by atoms with Gasteiger partial charge in [0.25, 0.3) is 0 Å². The normalized spacial score (nSPS) is 30.3. The summed E-state index contributed by atoms with van der Waals surface area (Å²) in [6, 6.07) is -0.128. The van der Waals surface area contributed by atoms with Crippen molar-refractivity contribution in [2.75, 3.05) is 19.6 Å². The Labute approximate surface area is 180 Å². The number of aliphatic imine (C=N–C) groups is 1. The van der Waals surface area contributed by atoms with E-state index in [-0.39, 0.29) is 17.8 Å². The molecule has 0 aromatic heterocycles. The number of allylic oxidation sites excluding steroid dienone is 2. The second-order valence-electron chi connectivity index (χ2n) is 8.77. The summed E-state index contributed by atoms with van der Waals surface area (Å²) in [4.78, 5) is 6.05. The molecular weight excluding hydrogens is 416 g/mol. The third-order valence-electron chi connectivity index (χ3n) is 5.65. The highest BCUT2D eigenvalue weighted by molar-refractivity contribution is 5.83. The number of alkyl halides is 3. The quantitative estimate of drug-likeness (QED) is 0.564. The summed E-state index contributed by atoms with van der Waals surface area (Å²) in [5.74, 6) is 0.180. The Morgan fingerprint density at radius 2 is 2.00 bits per heavy atom. The molecule has 6 nitrogen and oxygen atoms in total. The maximum Gasteiger partial charge on any atom is 0.431 e. The molecule has 4 atom stereocenters. The summed E-state index contributed by atoms with van der Waals surface area (Å²) in [6.45, 7) is 5.70. The first kappa shape index (κ1) is 24.0. The number of ether oxygens (including phenoxy) is 1. The van der Waals surface area contributed by atoms with Crippen LogP contribution in [-0.4, -0.2) is 66.3 Å². The number of likely N-dealkylation sites (tertiary alicyclic amines) is 1. The molecule has 176 valence electrons. The topological polar surface area (TPSA) is 69.1 Å². The predicted molar refractivity (Wildman–Crippen MR) is 110 cm³/mol. The van der Waals surface area contributed by atoms with Gasteiger partial charge >= 0.3 is 6.18 Å². The lowest BCUT2D eigenvalue weighted by molar-refractivity contribution is -0.0975. The van der Waals surface area contributed by atoms with Crippen LogP contribution < -0.4 is 10.6 Å². The van der Waals surface area contributed by atoms with E-state index in [1.807, 2.05) is 0 Å². The molecule has 10 heteroatoms. The van der Waals surface area contributed by atoms with Gasteiger partial charge in [-0.1, -0.05) is 13.8 Å². The molecule has 2 heterocycles. The minimum Gasteiger partial charge on any atom is -0.391 e. The molecule has 0 bridgehead atoms. The van der Waals surface area contributed by atoms with Gasteiger partial charge in [-0.15, -0.1) is 0 Å². The van der Waals surface area contributed by atoms with E-state index in [1.54, 1.807) is 4.90 Å². The van der Waals surface area contributed by atoms with Crippen LogP contribution in [0.1, 0.15) is 46.0 Å². The first-order valence-electron chi connectivity index (χ1n) is 10.9. The van der Waals surface area contributed by atoms with Crippen molar-refractivity contribution in [2.24, 2.45) is 10.9 Å². The van der Waals surface area contributed by atoms with Crippen LogP contribution in [-0.2, 0) is 4.74 Å². The van der Waals surface area contributed by atoms with Gasteiger partial charge in [-0.25, -0.2) is 9.38 Å². The van der Waals surface area contributed by atoms with Crippen LogP contribution in [0, 0.1) is 5.92 Å². The maximum absolute atomic E-state index is 13.6. The molecule has 0 radical (unpaired) electrons. The van der Waals surface area contributed by atoms with Gasteiger partial charge in [0.2, 0.25) is 5.96 Å². The van der Waals surface area contributed by atoms with Gasteiger partial charge in [-0.05, 0) is 56.7 Å². The molecular formula is C21H32F4N4O2. The average Bonchev–Trinajstić information content (AvgIpc) is 2.87. The van der Waals surface area contributed by atoms with Gasteiger partial charge in [0.05, 0.1) is 18.0 Å². The van der Waals surface area contributed by atoms with Crippen molar-refractivity contribution in [3.05, 3.63) is 23.7 Å². The Hall–Kier alpha value is -1.65. The number of nitrogens with one attached hydrogen (secondary N) is 2. The number of hydrogen-bond acceptors (Lipinski definition) is 6. The third-order valence-corrected chi connectivity index (χ3v) is 5.65. The first-order valence-corrected chi connectivity index (χ1v) is 10.9. The lowest BCUT2D eigenvalue weighted by Gasteiger charge is -2.32. The molecule has 1 saturated heterocycles. The number of aliphatic hydroxyl groups excluding tert-OH is 1. The zero-order valence-electron chi connectivity index (χ0n) is 18.0. The van der Waals surface area contributed by atoms with Gasteiger partial charge in [0.1, 0.15) is 5.70 Å². The van der Waals surface area contributed by atoms with E-state index >= 15 is 0 Å². The molecule has 2 aliphatic heterocycles. The number of guanidine groups is 1. The fourth-order valence-electron chi connectivity index (χ4n) is 3.94. The minimum atomic E-state index is -4.59. The second-order valence-corrected chi connectivity index (χ2v) is 8.77. The largest absolute Gasteiger partial charge is 0.431 e. The standard InChI is InChI=1S/C21H32F4N4O2/c1-13(2)12-26-16-6-8-29(9-7-17(16)30)20-27-18(21(23,24)25)11-19(28-20)31-15-5-3-4-14(22)10-15/h10-11,13,15-17,19,26,30H,3-9,12H2,1-2H3,(H,27,28). The van der Waals surface area contributed by atoms with E-state index in [4.69, 9.17) is 4.74 Å². The lowest BCUT2D eigenvalue weighted by atomic mass is 10.0. The Morgan fingerprint density at radius 3 is 2.68 bits per heavy atom. The number of aliphatic hydroxyl groups is 1. The Balaban J connectivity index is 1.72. The van der Waals surface area contributed by atoms with E-state index in [9.17, 15) is 22.7 Å². The predicted octanol–water partition coefficient (Wildman–Crippen LogP) is 3.21. The van der Waals surface area contributed by atoms with Crippen molar-refractivity contribution in [1.29, 1.82) is 0 Å². The molecule has 1 aliphatic carbocycles. The fraction of sp³-hybridized carbons (Fsp3) is 0.762. The third kappa shape index (κ3) is 6.92. The van der Waals surface area contributed by atoms with Crippen molar-refractivity contribution in [3.63, 3.8) is 0 Å². The van der Waals surface area contributed by atoms with Gasteiger partial charge in [0, 0.05) is 19.1 Å². The average molecular weight is 449 g/mol. The number of nitrogens with zero attached hydrogens (tertiary/aromatic N) is 2. The van der Waals surface area contributed by atoms with Crippen molar-refractivity contribution in [3.8, 4) is 0 Å². The van der Waals surface area contributed by atoms with Crippen molar-refractivity contribution in [2.45, 2.75) is 76.6 Å². The van der Waals surface area contributed by atoms with Crippen LogP contribution in [0.25, 0.3) is 0 Å². The molecule has 4 unspecified atom stereocenters. The fourth-order valence-corrected chi connectivity index (χ4v) is 3.94. The highest BCUT2D eigenvalue weighted by atomic mass is 19.4. The van der Waals surface area contributed by atoms with Crippen LogP contribution in [0.2, 0.25) is 0 Å². The molecule has 1 fully saturated rings. The molecule has 0 amide bonds. The van der Waals surface area contributed by atoms with Crippen LogP contribution >= 0.6 is 0 Å². The van der Waals surface area contributed by atoms with Crippen molar-refractivity contribution < 1.29 is 27.4 Å². The highest BCUT2D eigenvalue weighted by Gasteiger charge is 2.39. The molecule has 31 heavy (non-hydrogen) atoms. The van der Waals surface area contributed by atoms with Crippen LogP contribution in [0.5, 0.6) is 0 Å². The lowest BCUT2D eigenvalue weighted by Crippen LogP contribution is -2.47. The summed E-state index contributed by atoms with van der Waals surface area (Å²) < 4.78 is 59.7.